The van der Waals surface area contributed by atoms with Gasteiger partial charge >= 0.3 is 0 Å². The lowest BCUT2D eigenvalue weighted by atomic mass is 10.1. The average molecular weight is 202 g/mol. The van der Waals surface area contributed by atoms with E-state index < -0.39 is 5.91 Å². The third-order valence-electron chi connectivity index (χ3n) is 1.57. The van der Waals surface area contributed by atoms with Crippen LogP contribution in [0.1, 0.15) is 13.8 Å². The summed E-state index contributed by atoms with van der Waals surface area (Å²) in [6.45, 7) is 2.68. The zero-order chi connectivity index (χ0) is 11.1. The average Bonchev–Trinajstić information content (AvgIpc) is 2.13. The Morgan fingerprint density at radius 3 is 2.50 bits per heavy atom. The van der Waals surface area contributed by atoms with Crippen molar-refractivity contribution in [1.82, 2.24) is 10.4 Å². The Morgan fingerprint density at radius 2 is 2.07 bits per heavy atom. The van der Waals surface area contributed by atoms with Crippen LogP contribution in [0.25, 0.3) is 0 Å². The molecule has 6 heteroatoms. The van der Waals surface area contributed by atoms with Crippen LogP contribution in [0.4, 0.5) is 0 Å². The fraction of sp³-hybridized carbons (Fsp3) is 0.625. The summed E-state index contributed by atoms with van der Waals surface area (Å²) in [4.78, 5) is 31.9. The third-order valence-corrected chi connectivity index (χ3v) is 1.57. The standard InChI is InChI=1S/C8H14N2O4/c1-6(2)7(12)4-10(14)8(13)3-9-5-11/h5-6,14H,3-4H2,1-2H3,(H,9,11). The maximum Gasteiger partial charge on any atom is 0.265 e. The Labute approximate surface area is 81.8 Å². The second-order valence-corrected chi connectivity index (χ2v) is 3.07. The molecule has 0 bridgehead atoms. The normalized spacial score (nSPS) is 9.71. The number of hydroxylamine groups is 2. The summed E-state index contributed by atoms with van der Waals surface area (Å²) in [5, 5.41) is 11.5. The Bertz CT molecular complexity index is 227. The number of carbonyl (C=O) groups is 3. The highest BCUT2D eigenvalue weighted by Gasteiger charge is 2.16. The smallest absolute Gasteiger partial charge is 0.265 e. The molecule has 2 amide bonds. The molecular weight excluding hydrogens is 188 g/mol. The van der Waals surface area contributed by atoms with Gasteiger partial charge in [0.05, 0.1) is 6.54 Å². The molecule has 0 saturated carbocycles. The molecule has 0 aliphatic carbocycles. The molecule has 0 spiro atoms. The van der Waals surface area contributed by atoms with Gasteiger partial charge in [0, 0.05) is 5.92 Å². The summed E-state index contributed by atoms with van der Waals surface area (Å²) in [5.74, 6) is -1.20. The number of Topliss-reactive ketones (excluding diaryl/α,β-unsaturated/α-hetero) is 1. The molecular formula is C8H14N2O4. The summed E-state index contributed by atoms with van der Waals surface area (Å²) < 4.78 is 0. The minimum atomic E-state index is -0.717. The first-order valence-corrected chi connectivity index (χ1v) is 4.18. The Hall–Kier alpha value is -1.43. The van der Waals surface area contributed by atoms with Crippen LogP contribution in [0.5, 0.6) is 0 Å². The summed E-state index contributed by atoms with van der Waals surface area (Å²) in [6, 6.07) is 0. The molecule has 0 rings (SSSR count). The number of hydrogen-bond acceptors (Lipinski definition) is 4. The van der Waals surface area contributed by atoms with E-state index in [2.05, 4.69) is 5.32 Å². The van der Waals surface area contributed by atoms with Gasteiger partial charge in [-0.2, -0.15) is 0 Å². The lowest BCUT2D eigenvalue weighted by Gasteiger charge is -2.14. The number of carbonyl (C=O) groups excluding carboxylic acids is 3. The molecule has 0 radical (unpaired) electrons. The molecule has 2 N–H and O–H groups in total. The van der Waals surface area contributed by atoms with Crippen molar-refractivity contribution in [3.63, 3.8) is 0 Å². The number of rotatable bonds is 6. The molecule has 6 nitrogen and oxygen atoms in total. The van der Waals surface area contributed by atoms with Gasteiger partial charge in [0.25, 0.3) is 5.91 Å². The molecule has 0 fully saturated rings. The SMILES string of the molecule is CC(C)C(=O)CN(O)C(=O)CNC=O. The van der Waals surface area contributed by atoms with Crippen LogP contribution in [0.2, 0.25) is 0 Å². The van der Waals surface area contributed by atoms with Crippen molar-refractivity contribution in [2.24, 2.45) is 5.92 Å². The summed E-state index contributed by atoms with van der Waals surface area (Å²) in [6.07, 6.45) is 0.343. The van der Waals surface area contributed by atoms with E-state index in [-0.39, 0.29) is 24.8 Å². The Balaban J connectivity index is 3.94. The molecule has 0 heterocycles. The zero-order valence-electron chi connectivity index (χ0n) is 8.19. The first-order chi connectivity index (χ1) is 6.49. The number of nitrogens with one attached hydrogen (secondary N) is 1. The highest BCUT2D eigenvalue weighted by atomic mass is 16.5. The third kappa shape index (κ3) is 4.56. The number of amides is 2. The second-order valence-electron chi connectivity index (χ2n) is 3.07. The summed E-state index contributed by atoms with van der Waals surface area (Å²) >= 11 is 0. The maximum atomic E-state index is 11.1. The Kier molecular flexibility index (Phi) is 5.47. The maximum absolute atomic E-state index is 11.1. The largest absolute Gasteiger partial charge is 0.350 e. The van der Waals surface area contributed by atoms with Gasteiger partial charge in [0.15, 0.2) is 5.78 Å². The van der Waals surface area contributed by atoms with Crippen LogP contribution in [-0.2, 0) is 14.4 Å². The molecule has 0 saturated heterocycles. The lowest BCUT2D eigenvalue weighted by Crippen LogP contribution is -2.39. The fourth-order valence-corrected chi connectivity index (χ4v) is 0.639. The molecule has 0 aromatic heterocycles. The molecule has 0 aromatic carbocycles. The van der Waals surface area contributed by atoms with Crippen LogP contribution in [0.3, 0.4) is 0 Å². The summed E-state index contributed by atoms with van der Waals surface area (Å²) in [5.41, 5.74) is 0. The van der Waals surface area contributed by atoms with Crippen LogP contribution >= 0.6 is 0 Å². The van der Waals surface area contributed by atoms with E-state index in [1.807, 2.05) is 0 Å². The van der Waals surface area contributed by atoms with E-state index >= 15 is 0 Å². The van der Waals surface area contributed by atoms with E-state index in [1.54, 1.807) is 13.8 Å². The van der Waals surface area contributed by atoms with Crippen LogP contribution in [0.15, 0.2) is 0 Å². The molecule has 80 valence electrons. The molecule has 0 atom stereocenters. The highest BCUT2D eigenvalue weighted by Crippen LogP contribution is 1.96. The van der Waals surface area contributed by atoms with E-state index in [4.69, 9.17) is 5.21 Å². The van der Waals surface area contributed by atoms with Crippen LogP contribution in [-0.4, -0.2) is 41.5 Å². The predicted octanol–water partition coefficient (Wildman–Crippen LogP) is -0.825. The van der Waals surface area contributed by atoms with Crippen molar-refractivity contribution in [3.05, 3.63) is 0 Å². The van der Waals surface area contributed by atoms with Gasteiger partial charge in [-0.05, 0) is 0 Å². The van der Waals surface area contributed by atoms with E-state index in [0.717, 1.165) is 0 Å². The van der Waals surface area contributed by atoms with Crippen molar-refractivity contribution in [3.8, 4) is 0 Å². The molecule has 0 unspecified atom stereocenters. The minimum absolute atomic E-state index is 0.239. The van der Waals surface area contributed by atoms with Gasteiger partial charge in [0.1, 0.15) is 6.54 Å². The van der Waals surface area contributed by atoms with E-state index in [1.165, 1.54) is 0 Å². The first-order valence-electron chi connectivity index (χ1n) is 4.18. The monoisotopic (exact) mass is 202 g/mol. The predicted molar refractivity (Wildman–Crippen MR) is 47.4 cm³/mol. The molecule has 0 aliphatic heterocycles. The summed E-state index contributed by atoms with van der Waals surface area (Å²) in [7, 11) is 0. The minimum Gasteiger partial charge on any atom is -0.350 e. The van der Waals surface area contributed by atoms with E-state index in [9.17, 15) is 14.4 Å². The molecule has 14 heavy (non-hydrogen) atoms. The van der Waals surface area contributed by atoms with Crippen molar-refractivity contribution in [2.75, 3.05) is 13.1 Å². The van der Waals surface area contributed by atoms with Crippen LogP contribution in [0, 0.1) is 5.92 Å². The van der Waals surface area contributed by atoms with Gasteiger partial charge < -0.3 is 5.32 Å². The molecule has 0 aliphatic rings. The second kappa shape index (κ2) is 6.09. The number of nitrogens with zero attached hydrogens (tertiary/aromatic N) is 1. The van der Waals surface area contributed by atoms with E-state index in [0.29, 0.717) is 11.5 Å². The van der Waals surface area contributed by atoms with Crippen molar-refractivity contribution < 1.29 is 19.6 Å². The van der Waals surface area contributed by atoms with Gasteiger partial charge in [-0.15, -0.1) is 0 Å². The number of ketones is 1. The molecule has 0 aromatic rings. The van der Waals surface area contributed by atoms with Crippen LogP contribution < -0.4 is 5.32 Å². The number of hydrogen-bond donors (Lipinski definition) is 2. The van der Waals surface area contributed by atoms with Gasteiger partial charge in [-0.1, -0.05) is 13.8 Å². The van der Waals surface area contributed by atoms with Crippen molar-refractivity contribution in [1.29, 1.82) is 0 Å². The van der Waals surface area contributed by atoms with Crippen molar-refractivity contribution in [2.45, 2.75) is 13.8 Å². The van der Waals surface area contributed by atoms with Gasteiger partial charge in [0.2, 0.25) is 6.41 Å². The lowest BCUT2D eigenvalue weighted by molar-refractivity contribution is -0.168. The zero-order valence-corrected chi connectivity index (χ0v) is 8.19. The fourth-order valence-electron chi connectivity index (χ4n) is 0.639. The Morgan fingerprint density at radius 1 is 1.50 bits per heavy atom. The topological polar surface area (TPSA) is 86.7 Å². The quantitative estimate of drug-likeness (QED) is 0.334. The van der Waals surface area contributed by atoms with Crippen molar-refractivity contribution >= 4 is 18.1 Å². The first kappa shape index (κ1) is 12.6. The van der Waals surface area contributed by atoms with Gasteiger partial charge in [-0.25, -0.2) is 5.06 Å². The highest BCUT2D eigenvalue weighted by molar-refractivity contribution is 5.87. The van der Waals surface area contributed by atoms with Gasteiger partial charge in [-0.3, -0.25) is 19.6 Å².